The molecule has 6 heteroatoms. The van der Waals surface area contributed by atoms with E-state index in [0.717, 1.165) is 40.2 Å². The molecule has 1 unspecified atom stereocenters. The van der Waals surface area contributed by atoms with Crippen molar-refractivity contribution in [3.05, 3.63) is 59.9 Å². The molecule has 0 aliphatic carbocycles. The Morgan fingerprint density at radius 1 is 1.27 bits per heavy atom. The van der Waals surface area contributed by atoms with Crippen LogP contribution in [0.4, 0.5) is 5.69 Å². The number of nitrogens with zero attached hydrogens (tertiary/aromatic N) is 2. The predicted octanol–water partition coefficient (Wildman–Crippen LogP) is 4.07. The summed E-state index contributed by atoms with van der Waals surface area (Å²) in [6, 6.07) is 13.1. The van der Waals surface area contributed by atoms with Gasteiger partial charge in [-0.25, -0.2) is 4.98 Å². The summed E-state index contributed by atoms with van der Waals surface area (Å²) in [6.07, 6.45) is 2.81. The maximum Gasteiger partial charge on any atom is 0.255 e. The zero-order chi connectivity index (χ0) is 17.9. The fraction of sp³-hybridized carbons (Fsp3) is 0.250. The maximum absolute atomic E-state index is 12.7. The Hall–Kier alpha value is -2.60. The molecular weight excluding hydrogens is 346 g/mol. The maximum atomic E-state index is 12.7. The summed E-state index contributed by atoms with van der Waals surface area (Å²) in [6.45, 7) is 1.92. The topological polar surface area (TPSA) is 64.1 Å². The first-order valence-corrected chi connectivity index (χ1v) is 9.73. The lowest BCUT2D eigenvalue weighted by Crippen LogP contribution is -2.17. The quantitative estimate of drug-likeness (QED) is 0.755. The minimum absolute atomic E-state index is 0.178. The number of para-hydroxylation sites is 1. The molecule has 1 aromatic carbocycles. The summed E-state index contributed by atoms with van der Waals surface area (Å²) in [5, 5.41) is 3.91. The van der Waals surface area contributed by atoms with Crippen LogP contribution in [-0.4, -0.2) is 33.5 Å². The van der Waals surface area contributed by atoms with Crippen LogP contribution in [0.1, 0.15) is 22.5 Å². The Balaban J connectivity index is 1.57. The molecule has 1 aliphatic heterocycles. The van der Waals surface area contributed by atoms with Crippen LogP contribution in [0.15, 0.2) is 48.7 Å². The van der Waals surface area contributed by atoms with Gasteiger partial charge in [0.2, 0.25) is 5.88 Å². The predicted molar refractivity (Wildman–Crippen MR) is 105 cm³/mol. The minimum atomic E-state index is -0.186. The van der Waals surface area contributed by atoms with Gasteiger partial charge in [0.05, 0.1) is 11.2 Å². The van der Waals surface area contributed by atoms with Gasteiger partial charge in [0.1, 0.15) is 6.10 Å². The van der Waals surface area contributed by atoms with E-state index in [-0.39, 0.29) is 12.0 Å². The second kappa shape index (κ2) is 7.33. The summed E-state index contributed by atoms with van der Waals surface area (Å²) in [5.41, 5.74) is 3.00. The highest BCUT2D eigenvalue weighted by atomic mass is 32.2. The molecule has 4 rings (SSSR count). The van der Waals surface area contributed by atoms with E-state index in [1.54, 1.807) is 18.3 Å². The van der Waals surface area contributed by atoms with E-state index in [0.29, 0.717) is 11.4 Å². The number of rotatable bonds is 4. The first-order valence-electron chi connectivity index (χ1n) is 8.57. The van der Waals surface area contributed by atoms with Crippen LogP contribution in [0.2, 0.25) is 0 Å². The molecule has 1 N–H and O–H groups in total. The van der Waals surface area contributed by atoms with E-state index in [1.165, 1.54) is 0 Å². The van der Waals surface area contributed by atoms with Crippen LogP contribution in [0.5, 0.6) is 5.88 Å². The molecule has 3 aromatic rings. The van der Waals surface area contributed by atoms with Crippen LogP contribution < -0.4 is 10.1 Å². The van der Waals surface area contributed by atoms with Gasteiger partial charge in [-0.2, -0.15) is 11.8 Å². The number of pyridine rings is 2. The van der Waals surface area contributed by atoms with Gasteiger partial charge in [0.15, 0.2) is 0 Å². The van der Waals surface area contributed by atoms with Gasteiger partial charge >= 0.3 is 0 Å². The molecule has 3 heterocycles. The molecule has 0 radical (unpaired) electrons. The summed E-state index contributed by atoms with van der Waals surface area (Å²) in [5.74, 6) is 2.40. The molecule has 2 aromatic heterocycles. The number of hydrogen-bond acceptors (Lipinski definition) is 5. The lowest BCUT2D eigenvalue weighted by molar-refractivity contribution is 0.102. The molecule has 1 saturated heterocycles. The third-order valence-electron chi connectivity index (χ3n) is 4.26. The van der Waals surface area contributed by atoms with E-state index in [9.17, 15) is 4.79 Å². The standard InChI is InChI=1S/C20H19N3O2S/c1-13-10-18(16-4-2-3-5-17(16)22-13)23-20(24)14-6-8-21-19(11-14)25-15-7-9-26-12-15/h2-6,8,10-11,15H,7,9,12H2,1H3,(H,22,23,24). The average molecular weight is 365 g/mol. The van der Waals surface area contributed by atoms with Gasteiger partial charge in [-0.3, -0.25) is 9.78 Å². The molecular formula is C20H19N3O2S. The number of nitrogens with one attached hydrogen (secondary N) is 1. The summed E-state index contributed by atoms with van der Waals surface area (Å²) in [4.78, 5) is 21.5. The molecule has 1 atom stereocenters. The van der Waals surface area contributed by atoms with Crippen molar-refractivity contribution in [1.82, 2.24) is 9.97 Å². The smallest absolute Gasteiger partial charge is 0.255 e. The number of benzene rings is 1. The zero-order valence-corrected chi connectivity index (χ0v) is 15.3. The van der Waals surface area contributed by atoms with Crippen molar-refractivity contribution in [2.24, 2.45) is 0 Å². The number of anilines is 1. The number of hydrogen-bond donors (Lipinski definition) is 1. The van der Waals surface area contributed by atoms with Crippen LogP contribution in [0, 0.1) is 6.92 Å². The van der Waals surface area contributed by atoms with E-state index in [4.69, 9.17) is 4.74 Å². The van der Waals surface area contributed by atoms with Crippen molar-refractivity contribution in [3.8, 4) is 5.88 Å². The number of ether oxygens (including phenoxy) is 1. The molecule has 1 aliphatic rings. The number of carbonyl (C=O) groups is 1. The van der Waals surface area contributed by atoms with E-state index >= 15 is 0 Å². The van der Waals surface area contributed by atoms with E-state index in [1.807, 2.05) is 49.0 Å². The van der Waals surface area contributed by atoms with Crippen LogP contribution >= 0.6 is 11.8 Å². The van der Waals surface area contributed by atoms with Gasteiger partial charge in [0.25, 0.3) is 5.91 Å². The second-order valence-corrected chi connectivity index (χ2v) is 7.42. The fourth-order valence-corrected chi connectivity index (χ4v) is 4.09. The van der Waals surface area contributed by atoms with Gasteiger partial charge in [-0.15, -0.1) is 0 Å². The van der Waals surface area contributed by atoms with Crippen molar-refractivity contribution in [3.63, 3.8) is 0 Å². The van der Waals surface area contributed by atoms with Crippen molar-refractivity contribution < 1.29 is 9.53 Å². The van der Waals surface area contributed by atoms with Crippen molar-refractivity contribution in [1.29, 1.82) is 0 Å². The third-order valence-corrected chi connectivity index (χ3v) is 5.40. The van der Waals surface area contributed by atoms with Crippen LogP contribution in [0.25, 0.3) is 10.9 Å². The zero-order valence-electron chi connectivity index (χ0n) is 14.4. The van der Waals surface area contributed by atoms with Gasteiger partial charge in [-0.05, 0) is 37.3 Å². The van der Waals surface area contributed by atoms with Gasteiger partial charge in [0, 0.05) is 34.7 Å². The third kappa shape index (κ3) is 3.65. The molecule has 1 fully saturated rings. The molecule has 26 heavy (non-hydrogen) atoms. The average Bonchev–Trinajstić information content (AvgIpc) is 3.15. The number of aryl methyl sites for hydroxylation is 1. The van der Waals surface area contributed by atoms with Crippen LogP contribution in [0.3, 0.4) is 0 Å². The minimum Gasteiger partial charge on any atom is -0.473 e. The number of fused-ring (bicyclic) bond motifs is 1. The lowest BCUT2D eigenvalue weighted by Gasteiger charge is -2.13. The number of aromatic nitrogens is 2. The Morgan fingerprint density at radius 2 is 2.15 bits per heavy atom. The highest BCUT2D eigenvalue weighted by molar-refractivity contribution is 7.99. The highest BCUT2D eigenvalue weighted by Gasteiger charge is 2.18. The van der Waals surface area contributed by atoms with Crippen molar-refractivity contribution in [2.75, 3.05) is 16.8 Å². The molecule has 0 spiro atoms. The van der Waals surface area contributed by atoms with Crippen molar-refractivity contribution >= 4 is 34.3 Å². The second-order valence-electron chi connectivity index (χ2n) is 6.27. The van der Waals surface area contributed by atoms with Crippen molar-refractivity contribution in [2.45, 2.75) is 19.4 Å². The number of amides is 1. The molecule has 1 amide bonds. The van der Waals surface area contributed by atoms with Gasteiger partial charge < -0.3 is 10.1 Å². The first kappa shape index (κ1) is 16.8. The summed E-state index contributed by atoms with van der Waals surface area (Å²) >= 11 is 1.88. The fourth-order valence-electron chi connectivity index (χ4n) is 3.00. The van der Waals surface area contributed by atoms with E-state index < -0.39 is 0 Å². The SMILES string of the molecule is Cc1cc(NC(=O)c2ccnc(OC3CCSC3)c2)c2ccccc2n1. The summed E-state index contributed by atoms with van der Waals surface area (Å²) in [7, 11) is 0. The Kier molecular flexibility index (Phi) is 4.75. The van der Waals surface area contributed by atoms with Crippen LogP contribution in [-0.2, 0) is 0 Å². The van der Waals surface area contributed by atoms with E-state index in [2.05, 4.69) is 15.3 Å². The normalized spacial score (nSPS) is 16.6. The number of carbonyl (C=O) groups excluding carboxylic acids is 1. The largest absolute Gasteiger partial charge is 0.473 e. The monoisotopic (exact) mass is 365 g/mol. The molecule has 5 nitrogen and oxygen atoms in total. The highest BCUT2D eigenvalue weighted by Crippen LogP contribution is 2.25. The first-order chi connectivity index (χ1) is 12.7. The van der Waals surface area contributed by atoms with Gasteiger partial charge in [-0.1, -0.05) is 18.2 Å². The molecule has 0 bridgehead atoms. The number of thioether (sulfide) groups is 1. The summed E-state index contributed by atoms with van der Waals surface area (Å²) < 4.78 is 5.88. The lowest BCUT2D eigenvalue weighted by atomic mass is 10.1. The molecule has 132 valence electrons. The Bertz CT molecular complexity index is 955. The Morgan fingerprint density at radius 3 is 3.00 bits per heavy atom. The molecule has 0 saturated carbocycles. The Labute approximate surface area is 156 Å².